The summed E-state index contributed by atoms with van der Waals surface area (Å²) in [5.41, 5.74) is 4.31. The van der Waals surface area contributed by atoms with E-state index < -0.39 is 0 Å². The van der Waals surface area contributed by atoms with Gasteiger partial charge in [0.15, 0.2) is 0 Å². The van der Waals surface area contributed by atoms with Crippen molar-refractivity contribution < 1.29 is 4.74 Å². The molecular weight excluding hydrogens is 328 g/mol. The van der Waals surface area contributed by atoms with Crippen LogP contribution < -0.4 is 4.74 Å². The van der Waals surface area contributed by atoms with Gasteiger partial charge in [0.25, 0.3) is 0 Å². The van der Waals surface area contributed by atoms with E-state index in [1.54, 1.807) is 7.11 Å². The Labute approximate surface area is 132 Å². The molecule has 3 aromatic rings. The summed E-state index contributed by atoms with van der Waals surface area (Å²) in [5.74, 6) is 0.857. The monoisotopic (exact) mass is 342 g/mol. The number of nitrogens with one attached hydrogen (secondary N) is 1. The van der Waals surface area contributed by atoms with Crippen LogP contribution in [-0.4, -0.2) is 17.3 Å². The number of nitrogens with zero attached hydrogens (tertiary/aromatic N) is 1. The molecule has 3 nitrogen and oxygen atoms in total. The van der Waals surface area contributed by atoms with Gasteiger partial charge in [0.05, 0.1) is 12.8 Å². The first-order chi connectivity index (χ1) is 10.3. The van der Waals surface area contributed by atoms with Crippen LogP contribution in [0.3, 0.4) is 0 Å². The summed E-state index contributed by atoms with van der Waals surface area (Å²) in [4.78, 5) is 0. The Morgan fingerprint density at radius 2 is 1.90 bits per heavy atom. The fourth-order valence-corrected chi connectivity index (χ4v) is 2.61. The minimum absolute atomic E-state index is 0.775. The molecule has 0 spiro atoms. The van der Waals surface area contributed by atoms with Crippen LogP contribution >= 0.6 is 15.9 Å². The van der Waals surface area contributed by atoms with Crippen LogP contribution in [0.1, 0.15) is 11.3 Å². The van der Waals surface area contributed by atoms with Crippen LogP contribution in [0.4, 0.5) is 0 Å². The van der Waals surface area contributed by atoms with Crippen molar-refractivity contribution in [2.24, 2.45) is 0 Å². The third kappa shape index (κ3) is 3.16. The quantitative estimate of drug-likeness (QED) is 0.761. The fraction of sp³-hybridized carbons (Fsp3) is 0.118. The van der Waals surface area contributed by atoms with E-state index in [2.05, 4.69) is 44.3 Å². The van der Waals surface area contributed by atoms with E-state index in [-0.39, 0.29) is 0 Å². The number of hydrogen-bond donors (Lipinski definition) is 1. The summed E-state index contributed by atoms with van der Waals surface area (Å²) in [6.45, 7) is 0. The molecule has 1 aromatic heterocycles. The molecule has 3 rings (SSSR count). The third-order valence-electron chi connectivity index (χ3n) is 3.33. The van der Waals surface area contributed by atoms with Crippen molar-refractivity contribution in [2.75, 3.05) is 7.11 Å². The van der Waals surface area contributed by atoms with Gasteiger partial charge in [-0.3, -0.25) is 5.10 Å². The predicted molar refractivity (Wildman–Crippen MR) is 87.5 cm³/mol. The van der Waals surface area contributed by atoms with Crippen molar-refractivity contribution >= 4 is 15.9 Å². The molecule has 21 heavy (non-hydrogen) atoms. The third-order valence-corrected chi connectivity index (χ3v) is 4.11. The number of rotatable bonds is 4. The molecule has 0 atom stereocenters. The van der Waals surface area contributed by atoms with Gasteiger partial charge in [-0.2, -0.15) is 5.10 Å². The van der Waals surface area contributed by atoms with Gasteiger partial charge in [-0.25, -0.2) is 0 Å². The minimum Gasteiger partial charge on any atom is -0.497 e. The van der Waals surface area contributed by atoms with Crippen molar-refractivity contribution in [3.8, 4) is 17.0 Å². The Balaban J connectivity index is 1.85. The first kappa shape index (κ1) is 13.9. The molecule has 106 valence electrons. The van der Waals surface area contributed by atoms with Crippen molar-refractivity contribution in [1.29, 1.82) is 0 Å². The lowest BCUT2D eigenvalue weighted by Gasteiger charge is -2.06. The van der Waals surface area contributed by atoms with Crippen molar-refractivity contribution in [3.63, 3.8) is 0 Å². The zero-order valence-electron chi connectivity index (χ0n) is 11.6. The van der Waals surface area contributed by atoms with Gasteiger partial charge in [-0.15, -0.1) is 0 Å². The lowest BCUT2D eigenvalue weighted by atomic mass is 10.1. The van der Waals surface area contributed by atoms with E-state index in [9.17, 15) is 0 Å². The molecule has 0 bridgehead atoms. The number of halogens is 1. The normalized spacial score (nSPS) is 10.6. The van der Waals surface area contributed by atoms with Gasteiger partial charge in [0, 0.05) is 22.2 Å². The Morgan fingerprint density at radius 3 is 2.67 bits per heavy atom. The molecule has 4 heteroatoms. The first-order valence-corrected chi connectivity index (χ1v) is 7.47. The van der Waals surface area contributed by atoms with E-state index in [1.807, 2.05) is 36.4 Å². The number of benzene rings is 2. The van der Waals surface area contributed by atoms with E-state index in [0.717, 1.165) is 39.2 Å². The average Bonchev–Trinajstić information content (AvgIpc) is 2.99. The highest BCUT2D eigenvalue weighted by Gasteiger charge is 2.07. The maximum absolute atomic E-state index is 5.28. The standard InChI is InChI=1S/C17H15BrN2O/c1-21-15-7-8-16(18)13(10-15)9-14-11-17(20-19-14)12-5-3-2-4-6-12/h2-8,10-11H,9H2,1H3,(H,19,20). The van der Waals surface area contributed by atoms with Crippen LogP contribution in [0, 0.1) is 0 Å². The Hall–Kier alpha value is -2.07. The molecule has 2 aromatic carbocycles. The molecule has 0 aliphatic heterocycles. The molecule has 0 radical (unpaired) electrons. The van der Waals surface area contributed by atoms with Gasteiger partial charge in [0.2, 0.25) is 0 Å². The Kier molecular flexibility index (Phi) is 4.06. The minimum atomic E-state index is 0.775. The molecule has 0 saturated heterocycles. The maximum atomic E-state index is 5.28. The van der Waals surface area contributed by atoms with Gasteiger partial charge in [-0.1, -0.05) is 46.3 Å². The zero-order chi connectivity index (χ0) is 14.7. The summed E-state index contributed by atoms with van der Waals surface area (Å²) in [7, 11) is 1.68. The molecule has 0 saturated carbocycles. The van der Waals surface area contributed by atoms with Gasteiger partial charge in [-0.05, 0) is 29.8 Å². The van der Waals surface area contributed by atoms with Crippen LogP contribution in [-0.2, 0) is 6.42 Å². The molecule has 0 amide bonds. The van der Waals surface area contributed by atoms with Crippen molar-refractivity contribution in [3.05, 3.63) is 70.3 Å². The highest BCUT2D eigenvalue weighted by atomic mass is 79.9. The van der Waals surface area contributed by atoms with Crippen LogP contribution in [0.15, 0.2) is 59.1 Å². The van der Waals surface area contributed by atoms with Crippen molar-refractivity contribution in [2.45, 2.75) is 6.42 Å². The van der Waals surface area contributed by atoms with Gasteiger partial charge in [0.1, 0.15) is 5.75 Å². The van der Waals surface area contributed by atoms with Crippen LogP contribution in [0.2, 0.25) is 0 Å². The summed E-state index contributed by atoms with van der Waals surface area (Å²) in [6, 6.07) is 18.2. The SMILES string of the molecule is COc1ccc(Br)c(Cc2cc(-c3ccccc3)n[nH]2)c1. The first-order valence-electron chi connectivity index (χ1n) is 6.68. The molecule has 0 fully saturated rings. The second kappa shape index (κ2) is 6.14. The fourth-order valence-electron chi connectivity index (χ4n) is 2.23. The molecule has 0 aliphatic carbocycles. The largest absolute Gasteiger partial charge is 0.497 e. The zero-order valence-corrected chi connectivity index (χ0v) is 13.2. The van der Waals surface area contributed by atoms with Gasteiger partial charge < -0.3 is 4.74 Å². The highest BCUT2D eigenvalue weighted by molar-refractivity contribution is 9.10. The van der Waals surface area contributed by atoms with E-state index in [4.69, 9.17) is 4.74 Å². The second-order valence-corrected chi connectivity index (χ2v) is 5.63. The number of aromatic nitrogens is 2. The average molecular weight is 343 g/mol. The Bertz CT molecular complexity index is 738. The summed E-state index contributed by atoms with van der Waals surface area (Å²) in [5, 5.41) is 7.49. The van der Waals surface area contributed by atoms with E-state index >= 15 is 0 Å². The molecule has 0 unspecified atom stereocenters. The number of aromatic amines is 1. The highest BCUT2D eigenvalue weighted by Crippen LogP contribution is 2.25. The summed E-state index contributed by atoms with van der Waals surface area (Å²) in [6.07, 6.45) is 0.775. The van der Waals surface area contributed by atoms with Crippen LogP contribution in [0.5, 0.6) is 5.75 Å². The topological polar surface area (TPSA) is 37.9 Å². The van der Waals surface area contributed by atoms with E-state index in [0.29, 0.717) is 0 Å². The summed E-state index contributed by atoms with van der Waals surface area (Å²) >= 11 is 3.58. The Morgan fingerprint density at radius 1 is 1.10 bits per heavy atom. The number of hydrogen-bond acceptors (Lipinski definition) is 2. The maximum Gasteiger partial charge on any atom is 0.119 e. The van der Waals surface area contributed by atoms with Crippen LogP contribution in [0.25, 0.3) is 11.3 Å². The lowest BCUT2D eigenvalue weighted by molar-refractivity contribution is 0.414. The van der Waals surface area contributed by atoms with E-state index in [1.165, 1.54) is 0 Å². The molecular formula is C17H15BrN2O. The molecule has 1 heterocycles. The predicted octanol–water partition coefficient (Wildman–Crippen LogP) is 4.44. The molecule has 0 aliphatic rings. The van der Waals surface area contributed by atoms with Gasteiger partial charge >= 0.3 is 0 Å². The number of H-pyrrole nitrogens is 1. The second-order valence-electron chi connectivity index (χ2n) is 4.78. The van der Waals surface area contributed by atoms with Crippen molar-refractivity contribution in [1.82, 2.24) is 10.2 Å². The molecule has 1 N–H and O–H groups in total. The lowest BCUT2D eigenvalue weighted by Crippen LogP contribution is -1.92. The number of ether oxygens (including phenoxy) is 1. The smallest absolute Gasteiger partial charge is 0.119 e. The number of methoxy groups -OCH3 is 1. The summed E-state index contributed by atoms with van der Waals surface area (Å²) < 4.78 is 6.34.